The second-order valence-corrected chi connectivity index (χ2v) is 1.64. The highest BCUT2D eigenvalue weighted by atomic mass is 16.5. The summed E-state index contributed by atoms with van der Waals surface area (Å²) in [5.74, 6) is -0.433. The first-order valence-corrected chi connectivity index (χ1v) is 2.76. The van der Waals surface area contributed by atoms with E-state index in [2.05, 4.69) is 15.9 Å². The van der Waals surface area contributed by atoms with E-state index in [-0.39, 0.29) is 5.69 Å². The van der Waals surface area contributed by atoms with Crippen LogP contribution in [0.5, 0.6) is 0 Å². The van der Waals surface area contributed by atoms with Gasteiger partial charge in [-0.2, -0.15) is 0 Å². The molecule has 3 nitrogen and oxygen atoms in total. The lowest BCUT2D eigenvalue weighted by Gasteiger charge is -1.93. The molecule has 0 fully saturated rings. The first kappa shape index (κ1) is 6.74. The average molecular weight is 136 g/mol. The van der Waals surface area contributed by atoms with Crippen molar-refractivity contribution < 1.29 is 9.53 Å². The fraction of sp³-hybridized carbons (Fsp3) is 0.143. The molecule has 0 saturated heterocycles. The molecule has 0 aliphatic heterocycles. The summed E-state index contributed by atoms with van der Waals surface area (Å²) < 4.78 is 4.41. The Labute approximate surface area is 58.7 Å². The van der Waals surface area contributed by atoms with Crippen molar-refractivity contribution in [2.45, 2.75) is 0 Å². The minimum Gasteiger partial charge on any atom is -0.464 e. The third kappa shape index (κ3) is 1.31. The first-order chi connectivity index (χ1) is 4.84. The zero-order valence-electron chi connectivity index (χ0n) is 5.50. The summed E-state index contributed by atoms with van der Waals surface area (Å²) in [5.41, 5.74) is 0.282. The Morgan fingerprint density at radius 3 is 3.10 bits per heavy atom. The molecular formula is C7H6NO2. The van der Waals surface area contributed by atoms with E-state index in [4.69, 9.17) is 0 Å². The quantitative estimate of drug-likeness (QED) is 0.532. The van der Waals surface area contributed by atoms with Gasteiger partial charge in [0, 0.05) is 0 Å². The Morgan fingerprint density at radius 2 is 2.60 bits per heavy atom. The van der Waals surface area contributed by atoms with Crippen LogP contribution in [-0.2, 0) is 4.74 Å². The molecule has 0 aromatic carbocycles. The molecule has 0 saturated carbocycles. The van der Waals surface area contributed by atoms with E-state index in [1.165, 1.54) is 7.11 Å². The summed E-state index contributed by atoms with van der Waals surface area (Å²) in [5, 5.41) is 0. The molecule has 0 amide bonds. The molecule has 0 N–H and O–H groups in total. The van der Waals surface area contributed by atoms with Crippen molar-refractivity contribution in [3.63, 3.8) is 0 Å². The average Bonchev–Trinajstić information content (AvgIpc) is 2.05. The minimum atomic E-state index is -0.433. The lowest BCUT2D eigenvalue weighted by molar-refractivity contribution is 0.0594. The molecule has 1 radical (unpaired) electrons. The van der Waals surface area contributed by atoms with Crippen molar-refractivity contribution in [2.24, 2.45) is 0 Å². The van der Waals surface area contributed by atoms with Gasteiger partial charge in [-0.15, -0.1) is 0 Å². The predicted molar refractivity (Wildman–Crippen MR) is 34.4 cm³/mol. The van der Waals surface area contributed by atoms with Crippen molar-refractivity contribution in [1.29, 1.82) is 0 Å². The molecule has 3 heteroatoms. The number of carbonyl (C=O) groups is 1. The number of ether oxygens (including phenoxy) is 1. The van der Waals surface area contributed by atoms with Crippen LogP contribution in [0.4, 0.5) is 0 Å². The third-order valence-corrected chi connectivity index (χ3v) is 1.00. The number of methoxy groups -OCH3 is 1. The fourth-order valence-corrected chi connectivity index (χ4v) is 0.545. The van der Waals surface area contributed by atoms with E-state index in [9.17, 15) is 4.79 Å². The Bertz CT molecular complexity index is 220. The van der Waals surface area contributed by atoms with Crippen molar-refractivity contribution in [2.75, 3.05) is 7.11 Å². The predicted octanol–water partition coefficient (Wildman–Crippen LogP) is 0.668. The number of hydrogen-bond donors (Lipinski definition) is 0. The number of pyridine rings is 1. The SMILES string of the molecule is COC(=O)c1ccc[c]n1. The monoisotopic (exact) mass is 136 g/mol. The lowest BCUT2D eigenvalue weighted by atomic mass is 10.4. The van der Waals surface area contributed by atoms with E-state index >= 15 is 0 Å². The normalized spacial score (nSPS) is 8.90. The van der Waals surface area contributed by atoms with Gasteiger partial charge in [-0.25, -0.2) is 9.78 Å². The Kier molecular flexibility index (Phi) is 1.99. The smallest absolute Gasteiger partial charge is 0.356 e. The van der Waals surface area contributed by atoms with Crippen LogP contribution in [0.25, 0.3) is 0 Å². The summed E-state index contributed by atoms with van der Waals surface area (Å²) in [4.78, 5) is 14.4. The zero-order valence-corrected chi connectivity index (χ0v) is 5.50. The molecule has 0 aliphatic rings. The van der Waals surface area contributed by atoms with Crippen LogP contribution in [0.1, 0.15) is 10.5 Å². The second kappa shape index (κ2) is 2.96. The lowest BCUT2D eigenvalue weighted by Crippen LogP contribution is -2.02. The highest BCUT2D eigenvalue weighted by Gasteiger charge is 2.03. The number of aromatic nitrogens is 1. The molecule has 1 aromatic rings. The standard InChI is InChI=1S/C7H6NO2/c1-10-7(9)6-4-2-3-5-8-6/h2-4H,1H3. The maximum atomic E-state index is 10.7. The van der Waals surface area contributed by atoms with Crippen LogP contribution < -0.4 is 0 Å². The largest absolute Gasteiger partial charge is 0.464 e. The van der Waals surface area contributed by atoms with Crippen LogP contribution in [0.15, 0.2) is 18.2 Å². The van der Waals surface area contributed by atoms with Gasteiger partial charge >= 0.3 is 5.97 Å². The highest BCUT2D eigenvalue weighted by Crippen LogP contribution is 1.93. The van der Waals surface area contributed by atoms with Gasteiger partial charge in [0.1, 0.15) is 5.69 Å². The number of carbonyl (C=O) groups excluding carboxylic acids is 1. The van der Waals surface area contributed by atoms with E-state index in [0.29, 0.717) is 0 Å². The molecule has 1 rings (SSSR count). The molecule has 0 aliphatic carbocycles. The van der Waals surface area contributed by atoms with Crippen LogP contribution in [-0.4, -0.2) is 18.1 Å². The van der Waals surface area contributed by atoms with Gasteiger partial charge in [0.05, 0.1) is 13.3 Å². The van der Waals surface area contributed by atoms with Crippen molar-refractivity contribution in [3.05, 3.63) is 30.1 Å². The molecule has 0 unspecified atom stereocenters. The Hall–Kier alpha value is -1.38. The van der Waals surface area contributed by atoms with Gasteiger partial charge in [0.25, 0.3) is 0 Å². The summed E-state index contributed by atoms with van der Waals surface area (Å²) >= 11 is 0. The van der Waals surface area contributed by atoms with Gasteiger partial charge in [-0.1, -0.05) is 6.07 Å². The second-order valence-electron chi connectivity index (χ2n) is 1.64. The highest BCUT2D eigenvalue weighted by molar-refractivity contribution is 5.86. The molecule has 0 spiro atoms. The molecule has 51 valence electrons. The van der Waals surface area contributed by atoms with Crippen LogP contribution in [0.3, 0.4) is 0 Å². The molecule has 1 heterocycles. The van der Waals surface area contributed by atoms with E-state index in [0.717, 1.165) is 0 Å². The van der Waals surface area contributed by atoms with Crippen LogP contribution in [0, 0.1) is 6.20 Å². The summed E-state index contributed by atoms with van der Waals surface area (Å²) in [6.45, 7) is 0. The molecular weight excluding hydrogens is 130 g/mol. The van der Waals surface area contributed by atoms with Gasteiger partial charge in [-0.05, 0) is 12.1 Å². The van der Waals surface area contributed by atoms with Gasteiger partial charge in [0.15, 0.2) is 0 Å². The molecule has 0 atom stereocenters. The number of esters is 1. The fourth-order valence-electron chi connectivity index (χ4n) is 0.545. The summed E-state index contributed by atoms with van der Waals surface area (Å²) in [6.07, 6.45) is 2.53. The third-order valence-electron chi connectivity index (χ3n) is 1.00. The van der Waals surface area contributed by atoms with Crippen LogP contribution >= 0.6 is 0 Å². The van der Waals surface area contributed by atoms with E-state index in [1.54, 1.807) is 18.2 Å². The van der Waals surface area contributed by atoms with Gasteiger partial charge in [0.2, 0.25) is 0 Å². The Balaban J connectivity index is 2.85. The van der Waals surface area contributed by atoms with E-state index < -0.39 is 5.97 Å². The number of hydrogen-bond acceptors (Lipinski definition) is 3. The maximum Gasteiger partial charge on any atom is 0.356 e. The topological polar surface area (TPSA) is 39.2 Å². The van der Waals surface area contributed by atoms with E-state index in [1.807, 2.05) is 0 Å². The minimum absolute atomic E-state index is 0.282. The van der Waals surface area contributed by atoms with Gasteiger partial charge in [-0.3, -0.25) is 0 Å². The molecule has 0 bridgehead atoms. The summed E-state index contributed by atoms with van der Waals surface area (Å²) in [7, 11) is 1.32. The summed E-state index contributed by atoms with van der Waals surface area (Å²) in [6, 6.07) is 4.87. The maximum absolute atomic E-state index is 10.7. The first-order valence-electron chi connectivity index (χ1n) is 2.76. The zero-order chi connectivity index (χ0) is 7.40. The van der Waals surface area contributed by atoms with Crippen molar-refractivity contribution in [3.8, 4) is 0 Å². The molecule has 10 heavy (non-hydrogen) atoms. The van der Waals surface area contributed by atoms with Crippen molar-refractivity contribution >= 4 is 5.97 Å². The molecule has 1 aromatic heterocycles. The number of rotatable bonds is 1. The van der Waals surface area contributed by atoms with Crippen LogP contribution in [0.2, 0.25) is 0 Å². The van der Waals surface area contributed by atoms with Crippen molar-refractivity contribution in [1.82, 2.24) is 4.98 Å². The Morgan fingerprint density at radius 1 is 1.80 bits per heavy atom. The van der Waals surface area contributed by atoms with Gasteiger partial charge < -0.3 is 4.74 Å². The number of nitrogens with zero attached hydrogens (tertiary/aromatic N) is 1.